The molecule has 2 rings (SSSR count). The van der Waals surface area contributed by atoms with Gasteiger partial charge in [-0.1, -0.05) is 6.07 Å². The lowest BCUT2D eigenvalue weighted by Crippen LogP contribution is -2.17. The number of rotatable bonds is 5. The van der Waals surface area contributed by atoms with Gasteiger partial charge in [0, 0.05) is 30.4 Å². The molecular weight excluding hydrogens is 218 g/mol. The molecule has 0 aliphatic carbocycles. The van der Waals surface area contributed by atoms with Crippen molar-refractivity contribution in [1.29, 1.82) is 0 Å². The van der Waals surface area contributed by atoms with Gasteiger partial charge >= 0.3 is 0 Å². The minimum absolute atomic E-state index is 0.790. The van der Waals surface area contributed by atoms with Crippen molar-refractivity contribution < 1.29 is 0 Å². The molecule has 0 saturated heterocycles. The highest BCUT2D eigenvalue weighted by molar-refractivity contribution is 7.09. The van der Waals surface area contributed by atoms with E-state index in [1.54, 1.807) is 17.5 Å². The van der Waals surface area contributed by atoms with Gasteiger partial charge in [0.15, 0.2) is 0 Å². The molecule has 0 fully saturated rings. The third-order valence-corrected chi connectivity index (χ3v) is 3.20. The van der Waals surface area contributed by atoms with Crippen LogP contribution in [0.4, 0.5) is 0 Å². The molecule has 0 aromatic carbocycles. The molecule has 0 aliphatic heterocycles. The van der Waals surface area contributed by atoms with E-state index < -0.39 is 0 Å². The zero-order chi connectivity index (χ0) is 11.2. The summed E-state index contributed by atoms with van der Waals surface area (Å²) < 4.78 is 0. The highest BCUT2D eigenvalue weighted by Crippen LogP contribution is 2.08. The molecule has 0 unspecified atom stereocenters. The van der Waals surface area contributed by atoms with E-state index in [0.29, 0.717) is 0 Å². The Kier molecular flexibility index (Phi) is 4.02. The van der Waals surface area contributed by atoms with Crippen molar-refractivity contribution in [2.75, 3.05) is 6.54 Å². The van der Waals surface area contributed by atoms with Crippen LogP contribution in [-0.4, -0.2) is 16.5 Å². The second-order valence-electron chi connectivity index (χ2n) is 3.66. The maximum absolute atomic E-state index is 4.29. The summed E-state index contributed by atoms with van der Waals surface area (Å²) >= 11 is 1.80. The summed E-state index contributed by atoms with van der Waals surface area (Å²) in [5.74, 6) is 0. The monoisotopic (exact) mass is 233 g/mol. The Bertz CT molecular complexity index is 408. The summed E-state index contributed by atoms with van der Waals surface area (Å²) in [6.45, 7) is 3.72. The van der Waals surface area contributed by atoms with Crippen LogP contribution in [0, 0.1) is 6.92 Å². The van der Waals surface area contributed by atoms with Gasteiger partial charge in [0.2, 0.25) is 0 Å². The minimum atomic E-state index is 0.790. The summed E-state index contributed by atoms with van der Waals surface area (Å²) in [5.41, 5.74) is 1.96. The van der Waals surface area contributed by atoms with E-state index in [1.807, 2.05) is 13.1 Å². The first-order chi connectivity index (χ1) is 7.84. The molecule has 4 heteroatoms. The highest BCUT2D eigenvalue weighted by atomic mass is 32.1. The number of thiophene rings is 1. The number of aromatic nitrogens is 2. The van der Waals surface area contributed by atoms with Crippen LogP contribution in [0.2, 0.25) is 0 Å². The lowest BCUT2D eigenvalue weighted by Gasteiger charge is -2.03. The van der Waals surface area contributed by atoms with Gasteiger partial charge in [-0.2, -0.15) is 0 Å². The fourth-order valence-electron chi connectivity index (χ4n) is 1.39. The Morgan fingerprint density at radius 2 is 2.25 bits per heavy atom. The fourth-order valence-corrected chi connectivity index (χ4v) is 2.10. The van der Waals surface area contributed by atoms with E-state index in [9.17, 15) is 0 Å². The fraction of sp³-hybridized carbons (Fsp3) is 0.333. The van der Waals surface area contributed by atoms with Gasteiger partial charge < -0.3 is 5.32 Å². The molecular formula is C12H15N3S. The van der Waals surface area contributed by atoms with Gasteiger partial charge in [0.1, 0.15) is 0 Å². The quantitative estimate of drug-likeness (QED) is 0.804. The van der Waals surface area contributed by atoms with E-state index in [0.717, 1.165) is 30.9 Å². The molecule has 16 heavy (non-hydrogen) atoms. The molecule has 0 amide bonds. The molecule has 0 bridgehead atoms. The topological polar surface area (TPSA) is 37.8 Å². The predicted octanol–water partition coefficient (Wildman–Crippen LogP) is 2.18. The predicted molar refractivity (Wildman–Crippen MR) is 66.5 cm³/mol. The van der Waals surface area contributed by atoms with Crippen molar-refractivity contribution in [3.63, 3.8) is 0 Å². The number of aryl methyl sites for hydroxylation is 1. The van der Waals surface area contributed by atoms with Gasteiger partial charge in [0.25, 0.3) is 0 Å². The first kappa shape index (κ1) is 11.2. The normalized spacial score (nSPS) is 10.6. The second-order valence-corrected chi connectivity index (χ2v) is 4.69. The molecule has 2 heterocycles. The van der Waals surface area contributed by atoms with Gasteiger partial charge in [-0.25, -0.2) is 0 Å². The number of hydrogen-bond acceptors (Lipinski definition) is 4. The summed E-state index contributed by atoms with van der Waals surface area (Å²) in [6, 6.07) is 4.25. The number of nitrogens with one attached hydrogen (secondary N) is 1. The molecule has 0 radical (unpaired) electrons. The van der Waals surface area contributed by atoms with Crippen LogP contribution in [0.25, 0.3) is 0 Å². The molecule has 2 aromatic rings. The van der Waals surface area contributed by atoms with Crippen LogP contribution in [-0.2, 0) is 13.0 Å². The molecule has 84 valence electrons. The molecule has 2 aromatic heterocycles. The first-order valence-corrected chi connectivity index (χ1v) is 6.23. The number of hydrogen-bond donors (Lipinski definition) is 1. The van der Waals surface area contributed by atoms with Crippen LogP contribution >= 0.6 is 11.3 Å². The highest BCUT2D eigenvalue weighted by Gasteiger charge is 1.96. The molecule has 0 atom stereocenters. The standard InChI is InChI=1S/C12H15N3S/c1-10-7-15-11(9-14-10)8-13-5-4-12-3-2-6-16-12/h2-3,6-7,9,13H,4-5,8H2,1H3. The van der Waals surface area contributed by atoms with Crippen molar-refractivity contribution in [3.05, 3.63) is 46.2 Å². The van der Waals surface area contributed by atoms with E-state index in [2.05, 4.69) is 32.8 Å². The van der Waals surface area contributed by atoms with Crippen LogP contribution in [0.1, 0.15) is 16.3 Å². The SMILES string of the molecule is Cc1cnc(CNCCc2cccs2)cn1. The van der Waals surface area contributed by atoms with Crippen LogP contribution in [0.3, 0.4) is 0 Å². The lowest BCUT2D eigenvalue weighted by atomic mass is 10.3. The Morgan fingerprint density at radius 3 is 2.94 bits per heavy atom. The summed E-state index contributed by atoms with van der Waals surface area (Å²) in [6.07, 6.45) is 4.71. The Morgan fingerprint density at radius 1 is 1.31 bits per heavy atom. The lowest BCUT2D eigenvalue weighted by molar-refractivity contribution is 0.674. The van der Waals surface area contributed by atoms with Crippen molar-refractivity contribution in [3.8, 4) is 0 Å². The molecule has 0 saturated carbocycles. The Balaban J connectivity index is 1.70. The van der Waals surface area contributed by atoms with Gasteiger partial charge in [-0.15, -0.1) is 11.3 Å². The third-order valence-electron chi connectivity index (χ3n) is 2.27. The molecule has 3 nitrogen and oxygen atoms in total. The smallest absolute Gasteiger partial charge is 0.0724 e. The number of nitrogens with zero attached hydrogens (tertiary/aromatic N) is 2. The van der Waals surface area contributed by atoms with Crippen molar-refractivity contribution in [2.24, 2.45) is 0 Å². The van der Waals surface area contributed by atoms with Crippen molar-refractivity contribution in [2.45, 2.75) is 19.9 Å². The van der Waals surface area contributed by atoms with Crippen LogP contribution in [0.5, 0.6) is 0 Å². The Hall–Kier alpha value is -1.26. The zero-order valence-corrected chi connectivity index (χ0v) is 10.1. The summed E-state index contributed by atoms with van der Waals surface area (Å²) in [5, 5.41) is 5.48. The van der Waals surface area contributed by atoms with E-state index in [1.165, 1.54) is 4.88 Å². The minimum Gasteiger partial charge on any atom is -0.311 e. The largest absolute Gasteiger partial charge is 0.311 e. The maximum Gasteiger partial charge on any atom is 0.0724 e. The zero-order valence-electron chi connectivity index (χ0n) is 9.31. The first-order valence-electron chi connectivity index (χ1n) is 5.35. The van der Waals surface area contributed by atoms with Gasteiger partial charge in [-0.3, -0.25) is 9.97 Å². The van der Waals surface area contributed by atoms with Gasteiger partial charge in [-0.05, 0) is 24.8 Å². The Labute approximate surface area is 99.6 Å². The van der Waals surface area contributed by atoms with Crippen molar-refractivity contribution in [1.82, 2.24) is 15.3 Å². The van der Waals surface area contributed by atoms with E-state index in [4.69, 9.17) is 0 Å². The second kappa shape index (κ2) is 5.72. The molecule has 0 spiro atoms. The van der Waals surface area contributed by atoms with E-state index in [-0.39, 0.29) is 0 Å². The average molecular weight is 233 g/mol. The third kappa shape index (κ3) is 3.40. The maximum atomic E-state index is 4.29. The molecule has 1 N–H and O–H groups in total. The van der Waals surface area contributed by atoms with Gasteiger partial charge in [0.05, 0.1) is 11.4 Å². The van der Waals surface area contributed by atoms with Crippen molar-refractivity contribution >= 4 is 11.3 Å². The summed E-state index contributed by atoms with van der Waals surface area (Å²) in [4.78, 5) is 9.92. The van der Waals surface area contributed by atoms with Crippen LogP contribution < -0.4 is 5.32 Å². The average Bonchev–Trinajstić information content (AvgIpc) is 2.80. The van der Waals surface area contributed by atoms with Crippen LogP contribution in [0.15, 0.2) is 29.9 Å². The summed E-state index contributed by atoms with van der Waals surface area (Å²) in [7, 11) is 0. The molecule has 0 aliphatic rings. The van der Waals surface area contributed by atoms with E-state index >= 15 is 0 Å².